The molecule has 0 aliphatic rings. The third kappa shape index (κ3) is 4.23. The third-order valence-electron chi connectivity index (χ3n) is 3.30. The van der Waals surface area contributed by atoms with Gasteiger partial charge in [-0.05, 0) is 11.5 Å². The summed E-state index contributed by atoms with van der Waals surface area (Å²) in [6, 6.07) is 9.42. The third-order valence-corrected chi connectivity index (χ3v) is 3.30. The van der Waals surface area contributed by atoms with Gasteiger partial charge in [0.05, 0.1) is 6.33 Å². The van der Waals surface area contributed by atoms with Gasteiger partial charge in [-0.25, -0.2) is 9.78 Å². The summed E-state index contributed by atoms with van der Waals surface area (Å²) in [6.45, 7) is 0.551. The molecular formula is C17H15N5O3. The van der Waals surface area contributed by atoms with Crippen molar-refractivity contribution < 1.29 is 9.53 Å². The molecule has 0 spiro atoms. The normalized spacial score (nSPS) is 10.1. The number of H-pyrrole nitrogens is 2. The van der Waals surface area contributed by atoms with E-state index in [0.717, 1.165) is 5.56 Å². The predicted octanol–water partition coefficient (Wildman–Crippen LogP) is 1.31. The molecule has 0 saturated carbocycles. The molecule has 2 aromatic heterocycles. The van der Waals surface area contributed by atoms with Crippen molar-refractivity contribution in [2.75, 3.05) is 6.54 Å². The average molecular weight is 337 g/mol. The lowest BCUT2D eigenvalue weighted by Gasteiger charge is -2.05. The lowest BCUT2D eigenvalue weighted by Crippen LogP contribution is -2.24. The van der Waals surface area contributed by atoms with Gasteiger partial charge in [-0.3, -0.25) is 9.89 Å². The maximum atomic E-state index is 11.7. The van der Waals surface area contributed by atoms with Crippen LogP contribution in [0.3, 0.4) is 0 Å². The molecule has 0 radical (unpaired) electrons. The van der Waals surface area contributed by atoms with Crippen LogP contribution in [0.1, 0.15) is 17.7 Å². The van der Waals surface area contributed by atoms with Crippen LogP contribution in [-0.2, 0) is 11.3 Å². The summed E-state index contributed by atoms with van der Waals surface area (Å²) in [7, 11) is 0. The van der Waals surface area contributed by atoms with Gasteiger partial charge in [0.15, 0.2) is 5.65 Å². The van der Waals surface area contributed by atoms with Crippen molar-refractivity contribution in [3.63, 3.8) is 0 Å². The second kappa shape index (κ2) is 7.79. The van der Waals surface area contributed by atoms with Gasteiger partial charge in [0.25, 0.3) is 5.56 Å². The van der Waals surface area contributed by atoms with Crippen LogP contribution in [0.5, 0.6) is 0 Å². The molecule has 3 aromatic rings. The maximum absolute atomic E-state index is 11.7. The first kappa shape index (κ1) is 16.3. The second-order valence-corrected chi connectivity index (χ2v) is 5.07. The van der Waals surface area contributed by atoms with Crippen LogP contribution in [0, 0.1) is 11.8 Å². The van der Waals surface area contributed by atoms with Gasteiger partial charge >= 0.3 is 6.09 Å². The number of ether oxygens (including phenoxy) is 1. The van der Waals surface area contributed by atoms with E-state index in [0.29, 0.717) is 29.7 Å². The highest BCUT2D eigenvalue weighted by Gasteiger charge is 2.07. The van der Waals surface area contributed by atoms with Gasteiger partial charge in [0, 0.05) is 13.0 Å². The van der Waals surface area contributed by atoms with Gasteiger partial charge in [-0.2, -0.15) is 5.10 Å². The molecule has 3 N–H and O–H groups in total. The van der Waals surface area contributed by atoms with Crippen molar-refractivity contribution >= 4 is 17.1 Å². The Bertz CT molecular complexity index is 982. The fourth-order valence-corrected chi connectivity index (χ4v) is 2.11. The second-order valence-electron chi connectivity index (χ2n) is 5.07. The summed E-state index contributed by atoms with van der Waals surface area (Å²) in [6.07, 6.45) is 1.19. The van der Waals surface area contributed by atoms with E-state index in [1.807, 2.05) is 30.3 Å². The summed E-state index contributed by atoms with van der Waals surface area (Å²) in [5.74, 6) is 5.68. The molecule has 0 aliphatic heterocycles. The first-order valence-corrected chi connectivity index (χ1v) is 7.59. The number of amides is 1. The predicted molar refractivity (Wildman–Crippen MR) is 90.6 cm³/mol. The zero-order valence-electron chi connectivity index (χ0n) is 13.2. The number of nitrogens with zero attached hydrogens (tertiary/aromatic N) is 2. The Kier molecular flexibility index (Phi) is 5.07. The molecular weight excluding hydrogens is 322 g/mol. The SMILES string of the molecule is O=C(NCCC#Cc1[nH]nc2nc[nH]c(=O)c12)OCc1ccccc1. The van der Waals surface area contributed by atoms with E-state index in [1.54, 1.807) is 0 Å². The minimum Gasteiger partial charge on any atom is -0.445 e. The van der Waals surface area contributed by atoms with E-state index in [4.69, 9.17) is 4.74 Å². The molecule has 0 unspecified atom stereocenters. The number of hydrogen-bond acceptors (Lipinski definition) is 5. The van der Waals surface area contributed by atoms with Gasteiger partial charge in [-0.15, -0.1) is 0 Å². The van der Waals surface area contributed by atoms with Crippen LogP contribution in [0.2, 0.25) is 0 Å². The monoisotopic (exact) mass is 337 g/mol. The first-order valence-electron chi connectivity index (χ1n) is 7.59. The van der Waals surface area contributed by atoms with E-state index < -0.39 is 6.09 Å². The Hall–Kier alpha value is -3.60. The summed E-state index contributed by atoms with van der Waals surface area (Å²) in [4.78, 5) is 29.7. The zero-order chi connectivity index (χ0) is 17.5. The lowest BCUT2D eigenvalue weighted by atomic mass is 10.2. The Morgan fingerprint density at radius 1 is 1.28 bits per heavy atom. The Morgan fingerprint density at radius 2 is 2.12 bits per heavy atom. The molecule has 0 fully saturated rings. The van der Waals surface area contributed by atoms with Crippen LogP contribution >= 0.6 is 0 Å². The molecule has 25 heavy (non-hydrogen) atoms. The van der Waals surface area contributed by atoms with Crippen molar-refractivity contribution in [3.8, 4) is 11.8 Å². The number of rotatable bonds is 4. The minimum absolute atomic E-state index is 0.217. The van der Waals surface area contributed by atoms with E-state index in [2.05, 4.69) is 37.3 Å². The van der Waals surface area contributed by atoms with E-state index >= 15 is 0 Å². The topological polar surface area (TPSA) is 113 Å². The Morgan fingerprint density at radius 3 is 2.96 bits per heavy atom. The van der Waals surface area contributed by atoms with Gasteiger partial charge in [0.1, 0.15) is 17.7 Å². The fourth-order valence-electron chi connectivity index (χ4n) is 2.11. The number of hydrogen-bond donors (Lipinski definition) is 3. The van der Waals surface area contributed by atoms with Crippen LogP contribution < -0.4 is 10.9 Å². The smallest absolute Gasteiger partial charge is 0.407 e. The van der Waals surface area contributed by atoms with Crippen molar-refractivity contribution in [1.82, 2.24) is 25.5 Å². The molecule has 1 amide bonds. The largest absolute Gasteiger partial charge is 0.445 e. The lowest BCUT2D eigenvalue weighted by molar-refractivity contribution is 0.140. The van der Waals surface area contributed by atoms with Crippen molar-refractivity contribution in [2.24, 2.45) is 0 Å². The van der Waals surface area contributed by atoms with Gasteiger partial charge in [0.2, 0.25) is 0 Å². The summed E-state index contributed by atoms with van der Waals surface area (Å²) in [5.41, 5.74) is 1.33. The number of carbonyl (C=O) groups is 1. The van der Waals surface area contributed by atoms with Crippen LogP contribution in [-0.4, -0.2) is 32.8 Å². The summed E-state index contributed by atoms with van der Waals surface area (Å²) >= 11 is 0. The number of carbonyl (C=O) groups excluding carboxylic acids is 1. The van der Waals surface area contributed by atoms with E-state index in [9.17, 15) is 9.59 Å². The van der Waals surface area contributed by atoms with E-state index in [1.165, 1.54) is 6.33 Å². The number of nitrogens with one attached hydrogen (secondary N) is 3. The van der Waals surface area contributed by atoms with Gasteiger partial charge in [-0.1, -0.05) is 36.3 Å². The highest BCUT2D eigenvalue weighted by Crippen LogP contribution is 2.05. The zero-order valence-corrected chi connectivity index (χ0v) is 13.2. The molecule has 0 aliphatic carbocycles. The Labute approximate surface area is 142 Å². The van der Waals surface area contributed by atoms with Crippen molar-refractivity contribution in [2.45, 2.75) is 13.0 Å². The molecule has 2 heterocycles. The number of alkyl carbamates (subject to hydrolysis) is 1. The van der Waals surface area contributed by atoms with Gasteiger partial charge < -0.3 is 15.0 Å². The molecule has 0 saturated heterocycles. The maximum Gasteiger partial charge on any atom is 0.407 e. The number of fused-ring (bicyclic) bond motifs is 1. The number of aromatic nitrogens is 4. The van der Waals surface area contributed by atoms with Crippen molar-refractivity contribution in [3.05, 3.63) is 58.3 Å². The quantitative estimate of drug-likeness (QED) is 0.491. The first-order chi connectivity index (χ1) is 12.2. The molecule has 0 bridgehead atoms. The highest BCUT2D eigenvalue weighted by atomic mass is 16.5. The number of benzene rings is 1. The fraction of sp³-hybridized carbons (Fsp3) is 0.176. The number of aromatic amines is 2. The summed E-state index contributed by atoms with van der Waals surface area (Å²) in [5, 5.41) is 9.52. The minimum atomic E-state index is -0.502. The standard InChI is InChI=1S/C17H15N5O3/c23-16-14-13(21-22-15(14)19-11-20-16)8-4-5-9-18-17(24)25-10-12-6-2-1-3-7-12/h1-3,6-7,11H,5,9-10H2,(H,18,24)(H2,19,20,21,22,23). The highest BCUT2D eigenvalue weighted by molar-refractivity contribution is 5.79. The molecule has 3 rings (SSSR count). The molecule has 8 nitrogen and oxygen atoms in total. The molecule has 0 atom stereocenters. The summed E-state index contributed by atoms with van der Waals surface area (Å²) < 4.78 is 5.09. The van der Waals surface area contributed by atoms with E-state index in [-0.39, 0.29) is 12.2 Å². The van der Waals surface area contributed by atoms with Crippen LogP contribution in [0.25, 0.3) is 11.0 Å². The molecule has 126 valence electrons. The van der Waals surface area contributed by atoms with Crippen molar-refractivity contribution in [1.29, 1.82) is 0 Å². The average Bonchev–Trinajstić information content (AvgIpc) is 3.05. The van der Waals surface area contributed by atoms with Crippen LogP contribution in [0.4, 0.5) is 4.79 Å². The molecule has 1 aromatic carbocycles. The molecule has 8 heteroatoms. The Balaban J connectivity index is 1.46. The van der Waals surface area contributed by atoms with Crippen LogP contribution in [0.15, 0.2) is 41.5 Å².